The first-order valence-corrected chi connectivity index (χ1v) is 12.9. The minimum absolute atomic E-state index is 0.0704. The summed E-state index contributed by atoms with van der Waals surface area (Å²) in [4.78, 5) is 39.5. The van der Waals surface area contributed by atoms with Crippen LogP contribution in [-0.2, 0) is 11.3 Å². The average molecular weight is 563 g/mol. The number of phenols is 1. The predicted molar refractivity (Wildman–Crippen MR) is 150 cm³/mol. The van der Waals surface area contributed by atoms with Crippen LogP contribution in [0.15, 0.2) is 54.2 Å². The first kappa shape index (κ1) is 29.3. The van der Waals surface area contributed by atoms with Gasteiger partial charge in [0.1, 0.15) is 30.5 Å². The fraction of sp³-hybridized carbons (Fsp3) is 0.290. The van der Waals surface area contributed by atoms with E-state index in [-0.39, 0.29) is 64.3 Å². The van der Waals surface area contributed by atoms with E-state index in [1.54, 1.807) is 18.2 Å². The Kier molecular flexibility index (Phi) is 9.07. The van der Waals surface area contributed by atoms with Gasteiger partial charge < -0.3 is 24.2 Å². The second-order valence-electron chi connectivity index (χ2n) is 9.76. The molecule has 0 amide bonds. The van der Waals surface area contributed by atoms with E-state index < -0.39 is 0 Å². The number of piperazine rings is 1. The lowest BCUT2D eigenvalue weighted by atomic mass is 9.96. The molecule has 10 heteroatoms. The van der Waals surface area contributed by atoms with Crippen molar-refractivity contribution in [3.05, 3.63) is 76.7 Å². The number of hydrogen-bond acceptors (Lipinski definition) is 9. The zero-order chi connectivity index (χ0) is 29.7. The van der Waals surface area contributed by atoms with Crippen LogP contribution in [0.3, 0.4) is 0 Å². The first-order chi connectivity index (χ1) is 19.7. The topological polar surface area (TPSA) is 106 Å². The molecular weight excluding hydrogens is 531 g/mol. The zero-order valence-corrected chi connectivity index (χ0v) is 23.2. The van der Waals surface area contributed by atoms with Gasteiger partial charge in [-0.3, -0.25) is 14.5 Å². The van der Waals surface area contributed by atoms with E-state index in [0.29, 0.717) is 36.9 Å². The second-order valence-corrected chi connectivity index (χ2v) is 9.76. The largest absolute Gasteiger partial charge is 0.504 e. The van der Waals surface area contributed by atoms with Crippen LogP contribution in [0.5, 0.6) is 23.0 Å². The van der Waals surface area contributed by atoms with Gasteiger partial charge in [0.15, 0.2) is 29.3 Å². The van der Waals surface area contributed by atoms with Crippen molar-refractivity contribution >= 4 is 18.5 Å². The third kappa shape index (κ3) is 6.09. The van der Waals surface area contributed by atoms with Gasteiger partial charge >= 0.3 is 0 Å². The lowest BCUT2D eigenvalue weighted by molar-refractivity contribution is 0.0277. The number of methoxy groups -OCH3 is 2. The third-order valence-electron chi connectivity index (χ3n) is 7.25. The van der Waals surface area contributed by atoms with Gasteiger partial charge in [0.05, 0.1) is 20.3 Å². The van der Waals surface area contributed by atoms with E-state index in [1.165, 1.54) is 44.6 Å². The number of carbonyl (C=O) groups is 2. The van der Waals surface area contributed by atoms with Gasteiger partial charge in [-0.25, -0.2) is 9.18 Å². The zero-order valence-electron chi connectivity index (χ0n) is 23.2. The summed E-state index contributed by atoms with van der Waals surface area (Å²) >= 11 is 0. The van der Waals surface area contributed by atoms with Crippen LogP contribution in [-0.4, -0.2) is 73.0 Å². The molecule has 3 aromatic rings. The van der Waals surface area contributed by atoms with Crippen molar-refractivity contribution < 1.29 is 38.1 Å². The van der Waals surface area contributed by atoms with Crippen molar-refractivity contribution in [2.24, 2.45) is 0 Å². The highest BCUT2D eigenvalue weighted by molar-refractivity contribution is 5.93. The molecule has 4 rings (SSSR count). The van der Waals surface area contributed by atoms with E-state index in [2.05, 4.69) is 5.94 Å². The second kappa shape index (κ2) is 12.7. The van der Waals surface area contributed by atoms with Crippen molar-refractivity contribution in [2.75, 3.05) is 27.5 Å². The number of carbonyl (C=O) groups excluding carboxylic acids is 3. The maximum absolute atomic E-state index is 13.4. The molecule has 1 aliphatic heterocycles. The van der Waals surface area contributed by atoms with Gasteiger partial charge in [-0.15, -0.1) is 0 Å². The molecule has 3 aromatic carbocycles. The molecule has 2 atom stereocenters. The maximum atomic E-state index is 13.4. The lowest BCUT2D eigenvalue weighted by Crippen LogP contribution is -2.55. The van der Waals surface area contributed by atoms with E-state index in [4.69, 9.17) is 14.2 Å². The normalized spacial score (nSPS) is 17.1. The van der Waals surface area contributed by atoms with Crippen molar-refractivity contribution in [2.45, 2.75) is 32.5 Å². The minimum Gasteiger partial charge on any atom is -0.504 e. The van der Waals surface area contributed by atoms with E-state index in [1.807, 2.05) is 23.6 Å². The molecule has 214 valence electrons. The Labute approximate surface area is 237 Å². The summed E-state index contributed by atoms with van der Waals surface area (Å²) in [7, 11) is 2.80. The lowest BCUT2D eigenvalue weighted by Gasteiger charge is -2.45. The molecule has 2 unspecified atom stereocenters. The van der Waals surface area contributed by atoms with E-state index in [9.17, 15) is 23.9 Å². The number of hydrogen-bond donors (Lipinski definition) is 1. The van der Waals surface area contributed by atoms with Gasteiger partial charge in [0, 0.05) is 35.8 Å². The number of aldehydes is 2. The Morgan fingerprint density at radius 3 is 2.29 bits per heavy atom. The Hall–Kier alpha value is -4.66. The quantitative estimate of drug-likeness (QED) is 0.283. The molecule has 1 N–H and O–H groups in total. The number of aromatic hydroxyl groups is 1. The van der Waals surface area contributed by atoms with Gasteiger partial charge in [-0.1, -0.05) is 12.1 Å². The standard InChI is InChI=1S/C31H31FN2O7/c1-19-13-33(20(2)27(17-37)34(19)14-21-5-7-24(32)8-6-21)18-41-29-12-25(23(16-36)11-28(29)39-3)26-9-22(15-35)10-30(40-4)31(26)38/h5-12,15-16,19-20,38H,13-14,18H2,1-4H3. The van der Waals surface area contributed by atoms with Crippen LogP contribution in [0.2, 0.25) is 0 Å². The molecule has 0 aliphatic carbocycles. The van der Waals surface area contributed by atoms with Crippen LogP contribution >= 0.6 is 0 Å². The van der Waals surface area contributed by atoms with E-state index in [0.717, 1.165) is 5.56 Å². The van der Waals surface area contributed by atoms with Gasteiger partial charge in [-0.05, 0) is 61.4 Å². The summed E-state index contributed by atoms with van der Waals surface area (Å²) in [5.41, 5.74) is 2.30. The molecule has 41 heavy (non-hydrogen) atoms. The number of benzene rings is 3. The molecule has 1 saturated heterocycles. The maximum Gasteiger partial charge on any atom is 0.165 e. The summed E-state index contributed by atoms with van der Waals surface area (Å²) in [6.45, 7) is 4.91. The number of ether oxygens (including phenoxy) is 3. The molecule has 0 radical (unpaired) electrons. The minimum atomic E-state index is -0.346. The summed E-state index contributed by atoms with van der Waals surface area (Å²) in [6.07, 6.45) is 1.23. The number of nitrogens with zero attached hydrogens (tertiary/aromatic N) is 2. The third-order valence-corrected chi connectivity index (χ3v) is 7.25. The Balaban J connectivity index is 1.61. The number of halogens is 1. The molecule has 0 spiro atoms. The summed E-state index contributed by atoms with van der Waals surface area (Å²) in [5, 5.41) is 10.8. The highest BCUT2D eigenvalue weighted by Crippen LogP contribution is 2.43. The summed E-state index contributed by atoms with van der Waals surface area (Å²) in [6, 6.07) is 11.6. The van der Waals surface area contributed by atoms with Crippen LogP contribution in [0.25, 0.3) is 11.1 Å². The predicted octanol–water partition coefficient (Wildman–Crippen LogP) is 4.49. The van der Waals surface area contributed by atoms with Crippen molar-refractivity contribution in [1.29, 1.82) is 0 Å². The first-order valence-electron chi connectivity index (χ1n) is 12.9. The SMILES string of the molecule is COc1cc(C=O)c(-c2cc(C=O)cc(OC)c2O)cc1OCN1CC(C)N(Cc2ccc(F)cc2)C(=C=O)C1C. The van der Waals surface area contributed by atoms with Gasteiger partial charge in [0.25, 0.3) is 0 Å². The average Bonchev–Trinajstić information content (AvgIpc) is 2.99. The van der Waals surface area contributed by atoms with Crippen molar-refractivity contribution in [3.63, 3.8) is 0 Å². The molecule has 9 nitrogen and oxygen atoms in total. The fourth-order valence-corrected chi connectivity index (χ4v) is 4.97. The van der Waals surface area contributed by atoms with Crippen LogP contribution in [0.4, 0.5) is 4.39 Å². The van der Waals surface area contributed by atoms with Gasteiger partial charge in [0.2, 0.25) is 0 Å². The fourth-order valence-electron chi connectivity index (χ4n) is 4.97. The highest BCUT2D eigenvalue weighted by atomic mass is 19.1. The molecule has 0 bridgehead atoms. The van der Waals surface area contributed by atoms with Crippen molar-refractivity contribution in [3.8, 4) is 34.1 Å². The summed E-state index contributed by atoms with van der Waals surface area (Å²) < 4.78 is 30.2. The van der Waals surface area contributed by atoms with Gasteiger partial charge in [-0.2, -0.15) is 0 Å². The van der Waals surface area contributed by atoms with E-state index >= 15 is 0 Å². The van der Waals surface area contributed by atoms with Crippen molar-refractivity contribution in [1.82, 2.24) is 9.80 Å². The Bertz CT molecular complexity index is 1480. The molecular formula is C31H31FN2O7. The molecule has 0 aromatic heterocycles. The smallest absolute Gasteiger partial charge is 0.165 e. The molecule has 1 aliphatic rings. The monoisotopic (exact) mass is 562 g/mol. The molecule has 1 fully saturated rings. The van der Waals surface area contributed by atoms with Crippen LogP contribution in [0, 0.1) is 5.82 Å². The van der Waals surface area contributed by atoms with Crippen LogP contribution < -0.4 is 14.2 Å². The Morgan fingerprint density at radius 2 is 1.68 bits per heavy atom. The van der Waals surface area contributed by atoms with Crippen LogP contribution in [0.1, 0.15) is 40.1 Å². The molecule has 1 heterocycles. The summed E-state index contributed by atoms with van der Waals surface area (Å²) in [5.74, 6) is 2.17. The number of rotatable bonds is 10. The molecule has 0 saturated carbocycles. The Morgan fingerprint density at radius 1 is 0.976 bits per heavy atom. The number of phenolic OH excluding ortho intramolecular Hbond substituents is 1. The highest BCUT2D eigenvalue weighted by Gasteiger charge is 2.34.